The van der Waals surface area contributed by atoms with E-state index >= 15 is 0 Å². The van der Waals surface area contributed by atoms with Crippen molar-refractivity contribution >= 4 is 18.0 Å². The van der Waals surface area contributed by atoms with Gasteiger partial charge in [-0.3, -0.25) is 10.1 Å². The Morgan fingerprint density at radius 1 is 1.05 bits per heavy atom. The molecule has 1 atom stereocenters. The number of nitriles is 1. The molecule has 2 saturated heterocycles. The molecule has 2 saturated carbocycles. The first-order valence-electron chi connectivity index (χ1n) is 14.2. The summed E-state index contributed by atoms with van der Waals surface area (Å²) in [4.78, 5) is 35.5. The van der Waals surface area contributed by atoms with Crippen molar-refractivity contribution in [3.8, 4) is 6.07 Å². The Bertz CT molecular complexity index is 834. The van der Waals surface area contributed by atoms with Crippen LogP contribution in [0.15, 0.2) is 4.99 Å². The molecule has 2 aliphatic heterocycles. The summed E-state index contributed by atoms with van der Waals surface area (Å²) in [6, 6.07) is 1.71. The predicted molar refractivity (Wildman–Crippen MR) is 140 cm³/mol. The minimum Gasteiger partial charge on any atom is -0.449 e. The molecule has 10 nitrogen and oxygen atoms in total. The van der Waals surface area contributed by atoms with Crippen LogP contribution < -0.4 is 10.6 Å². The molecule has 0 unspecified atom stereocenters. The standard InChI is InChI=1S/C27H44N6O4/c1-32-12-10-27(20-28,11-13-32)31-24(34)23(18-21-6-3-2-4-7-21)29-25(33-14-16-36-17-15-33)30-26(35)37-19-22-8-5-9-22/h21-23H,2-19H2,1H3,(H,31,34)(H,29,30,35)/t23-/m0/s1. The summed E-state index contributed by atoms with van der Waals surface area (Å²) < 4.78 is 11.0. The van der Waals surface area contributed by atoms with Crippen molar-refractivity contribution < 1.29 is 19.1 Å². The highest BCUT2D eigenvalue weighted by molar-refractivity contribution is 5.96. The lowest BCUT2D eigenvalue weighted by molar-refractivity contribution is -0.124. The van der Waals surface area contributed by atoms with Gasteiger partial charge in [0.15, 0.2) is 0 Å². The first-order valence-corrected chi connectivity index (χ1v) is 14.2. The molecule has 2 heterocycles. The predicted octanol–water partition coefficient (Wildman–Crippen LogP) is 2.64. The van der Waals surface area contributed by atoms with Crippen LogP contribution in [0.25, 0.3) is 0 Å². The molecule has 37 heavy (non-hydrogen) atoms. The fourth-order valence-electron chi connectivity index (χ4n) is 5.64. The van der Waals surface area contributed by atoms with Crippen LogP contribution in [0.1, 0.15) is 70.6 Å². The first-order chi connectivity index (χ1) is 18.0. The molecule has 0 bridgehead atoms. The maximum Gasteiger partial charge on any atom is 0.413 e. The molecule has 4 rings (SSSR count). The van der Waals surface area contributed by atoms with E-state index in [-0.39, 0.29) is 5.91 Å². The van der Waals surface area contributed by atoms with E-state index in [2.05, 4.69) is 21.6 Å². The van der Waals surface area contributed by atoms with Crippen molar-refractivity contribution in [2.75, 3.05) is 53.0 Å². The van der Waals surface area contributed by atoms with Gasteiger partial charge in [-0.25, -0.2) is 9.79 Å². The molecule has 0 aromatic rings. The molecular weight excluding hydrogens is 472 g/mol. The first kappa shape index (κ1) is 27.6. The molecule has 0 spiro atoms. The average molecular weight is 517 g/mol. The number of likely N-dealkylation sites (tertiary alicyclic amines) is 1. The Kier molecular flexibility index (Phi) is 10.0. The van der Waals surface area contributed by atoms with Crippen LogP contribution in [0.5, 0.6) is 0 Å². The average Bonchev–Trinajstić information content (AvgIpc) is 2.89. The number of hydrogen-bond donors (Lipinski definition) is 2. The van der Waals surface area contributed by atoms with E-state index in [4.69, 9.17) is 14.5 Å². The second-order valence-corrected chi connectivity index (χ2v) is 11.3. The Hall–Kier alpha value is -2.38. The van der Waals surface area contributed by atoms with Gasteiger partial charge in [0.25, 0.3) is 0 Å². The van der Waals surface area contributed by atoms with Crippen LogP contribution >= 0.6 is 0 Å². The van der Waals surface area contributed by atoms with Crippen molar-refractivity contribution in [2.45, 2.75) is 82.2 Å². The van der Waals surface area contributed by atoms with Gasteiger partial charge in [0.1, 0.15) is 11.6 Å². The monoisotopic (exact) mass is 516 g/mol. The third kappa shape index (κ3) is 8.05. The lowest BCUT2D eigenvalue weighted by Gasteiger charge is -2.37. The molecule has 0 aromatic carbocycles. The zero-order valence-electron chi connectivity index (χ0n) is 22.4. The third-order valence-corrected chi connectivity index (χ3v) is 8.48. The Balaban J connectivity index is 1.52. The van der Waals surface area contributed by atoms with Crippen LogP contribution in [-0.2, 0) is 14.3 Å². The lowest BCUT2D eigenvalue weighted by atomic mass is 9.84. The number of carbonyl (C=O) groups excluding carboxylic acids is 2. The number of rotatable bonds is 7. The Morgan fingerprint density at radius 2 is 1.73 bits per heavy atom. The molecule has 0 radical (unpaired) electrons. The molecule has 2 amide bonds. The van der Waals surface area contributed by atoms with E-state index in [9.17, 15) is 14.9 Å². The number of nitrogens with zero attached hydrogens (tertiary/aromatic N) is 4. The highest BCUT2D eigenvalue weighted by atomic mass is 16.5. The van der Waals surface area contributed by atoms with Gasteiger partial charge in [-0.05, 0) is 51.0 Å². The molecule has 0 aromatic heterocycles. The SMILES string of the molecule is CN1CCC(C#N)(NC(=O)[C@H](CC2CCCCC2)N=C(NC(=O)OCC2CCC2)N2CCOCC2)CC1. The molecule has 4 fully saturated rings. The van der Waals surface area contributed by atoms with Crippen LogP contribution in [-0.4, -0.2) is 92.4 Å². The van der Waals surface area contributed by atoms with Crippen molar-refractivity contribution in [3.05, 3.63) is 0 Å². The maximum absolute atomic E-state index is 13.7. The fourth-order valence-corrected chi connectivity index (χ4v) is 5.64. The van der Waals surface area contributed by atoms with E-state index in [0.717, 1.165) is 38.8 Å². The van der Waals surface area contributed by atoms with E-state index in [1.165, 1.54) is 25.7 Å². The molecule has 2 aliphatic carbocycles. The van der Waals surface area contributed by atoms with Gasteiger partial charge < -0.3 is 24.6 Å². The van der Waals surface area contributed by atoms with Crippen molar-refractivity contribution in [3.63, 3.8) is 0 Å². The molecule has 2 N–H and O–H groups in total. The van der Waals surface area contributed by atoms with Crippen molar-refractivity contribution in [2.24, 2.45) is 16.8 Å². The number of morpholine rings is 1. The summed E-state index contributed by atoms with van der Waals surface area (Å²) in [5, 5.41) is 15.9. The number of alkyl carbamates (subject to hydrolysis) is 1. The second kappa shape index (κ2) is 13.4. The number of hydrogen-bond acceptors (Lipinski definition) is 7. The van der Waals surface area contributed by atoms with Crippen molar-refractivity contribution in [1.82, 2.24) is 20.4 Å². The van der Waals surface area contributed by atoms with Crippen LogP contribution in [0.3, 0.4) is 0 Å². The van der Waals surface area contributed by atoms with Gasteiger partial charge in [0.2, 0.25) is 11.9 Å². The number of carbonyl (C=O) groups is 2. The highest BCUT2D eigenvalue weighted by Crippen LogP contribution is 2.29. The minimum atomic E-state index is -0.877. The summed E-state index contributed by atoms with van der Waals surface area (Å²) >= 11 is 0. The zero-order chi connectivity index (χ0) is 26.1. The number of ether oxygens (including phenoxy) is 2. The quantitative estimate of drug-likeness (QED) is 0.394. The molecule has 4 aliphatic rings. The normalized spacial score (nSPS) is 24.4. The van der Waals surface area contributed by atoms with Gasteiger partial charge in [0, 0.05) is 26.2 Å². The number of amides is 2. The number of piperidine rings is 1. The van der Waals surface area contributed by atoms with Crippen LogP contribution in [0.4, 0.5) is 4.79 Å². The Morgan fingerprint density at radius 3 is 2.35 bits per heavy atom. The third-order valence-electron chi connectivity index (χ3n) is 8.48. The van der Waals surface area contributed by atoms with E-state index in [0.29, 0.717) is 70.0 Å². The number of nitrogens with one attached hydrogen (secondary N) is 2. The Labute approximate surface area is 221 Å². The minimum absolute atomic E-state index is 0.230. The van der Waals surface area contributed by atoms with Crippen molar-refractivity contribution in [1.29, 1.82) is 5.26 Å². The van der Waals surface area contributed by atoms with Crippen LogP contribution in [0.2, 0.25) is 0 Å². The summed E-state index contributed by atoms with van der Waals surface area (Å²) in [5.41, 5.74) is -0.877. The van der Waals surface area contributed by atoms with E-state index in [1.807, 2.05) is 11.9 Å². The summed E-state index contributed by atoms with van der Waals surface area (Å²) in [6.45, 7) is 4.15. The van der Waals surface area contributed by atoms with Gasteiger partial charge in [-0.1, -0.05) is 38.5 Å². The maximum atomic E-state index is 13.7. The molecule has 206 valence electrons. The van der Waals surface area contributed by atoms with E-state index < -0.39 is 17.7 Å². The number of guanidine groups is 1. The highest BCUT2D eigenvalue weighted by Gasteiger charge is 2.38. The molecular formula is C27H44N6O4. The smallest absolute Gasteiger partial charge is 0.413 e. The van der Waals surface area contributed by atoms with Gasteiger partial charge in [-0.2, -0.15) is 5.26 Å². The topological polar surface area (TPSA) is 119 Å². The van der Waals surface area contributed by atoms with Gasteiger partial charge in [0.05, 0.1) is 25.9 Å². The summed E-state index contributed by atoms with van der Waals surface area (Å²) in [7, 11) is 2.03. The summed E-state index contributed by atoms with van der Waals surface area (Å²) in [6.07, 6.45) is 10.4. The molecule has 10 heteroatoms. The van der Waals surface area contributed by atoms with Gasteiger partial charge in [-0.15, -0.1) is 0 Å². The largest absolute Gasteiger partial charge is 0.449 e. The van der Waals surface area contributed by atoms with E-state index in [1.54, 1.807) is 0 Å². The fraction of sp³-hybridized carbons (Fsp3) is 0.852. The van der Waals surface area contributed by atoms with Gasteiger partial charge >= 0.3 is 6.09 Å². The number of aliphatic imine (C=N–C) groups is 1. The second-order valence-electron chi connectivity index (χ2n) is 11.3. The lowest BCUT2D eigenvalue weighted by Crippen LogP contribution is -2.56. The zero-order valence-corrected chi connectivity index (χ0v) is 22.4. The van der Waals surface area contributed by atoms with Crippen LogP contribution in [0, 0.1) is 23.2 Å². The summed E-state index contributed by atoms with van der Waals surface area (Å²) in [5.74, 6) is 0.982.